The van der Waals surface area contributed by atoms with Crippen LogP contribution in [0.25, 0.3) is 5.69 Å². The minimum atomic E-state index is -0.856. The van der Waals surface area contributed by atoms with Gasteiger partial charge >= 0.3 is 5.97 Å². The zero-order valence-electron chi connectivity index (χ0n) is 10.1. The van der Waals surface area contributed by atoms with Crippen molar-refractivity contribution in [3.8, 4) is 5.69 Å². The zero-order chi connectivity index (χ0) is 13.0. The van der Waals surface area contributed by atoms with Crippen molar-refractivity contribution in [3.63, 3.8) is 0 Å². The van der Waals surface area contributed by atoms with Crippen LogP contribution in [0.4, 0.5) is 0 Å². The Morgan fingerprint density at radius 1 is 1.33 bits per heavy atom. The molecule has 0 saturated heterocycles. The Labute approximate surface area is 104 Å². The Bertz CT molecular complexity index is 533. The number of carboxylic acids is 1. The molecule has 0 radical (unpaired) electrons. The van der Waals surface area contributed by atoms with Gasteiger partial charge in [0, 0.05) is 6.42 Å². The lowest BCUT2D eigenvalue weighted by atomic mass is 10.1. The number of aromatic nitrogens is 4. The first kappa shape index (κ1) is 12.2. The Morgan fingerprint density at radius 3 is 2.67 bits per heavy atom. The number of hydrogen-bond acceptors (Lipinski definition) is 4. The lowest BCUT2D eigenvalue weighted by molar-refractivity contribution is -0.137. The second-order valence-corrected chi connectivity index (χ2v) is 3.92. The van der Waals surface area contributed by atoms with Gasteiger partial charge in [-0.25, -0.2) is 0 Å². The van der Waals surface area contributed by atoms with Gasteiger partial charge in [-0.2, -0.15) is 4.68 Å². The summed E-state index contributed by atoms with van der Waals surface area (Å²) in [5.74, 6) is -0.299. The highest BCUT2D eigenvalue weighted by Gasteiger charge is 2.09. The Kier molecular flexibility index (Phi) is 3.66. The summed E-state index contributed by atoms with van der Waals surface area (Å²) in [5, 5.41) is 20.0. The number of hydrogen-bond donors (Lipinski definition) is 1. The van der Waals surface area contributed by atoms with E-state index in [-0.39, 0.29) is 6.42 Å². The minimum Gasteiger partial charge on any atom is -0.481 e. The van der Waals surface area contributed by atoms with E-state index in [2.05, 4.69) is 22.4 Å². The molecule has 0 bridgehead atoms. The largest absolute Gasteiger partial charge is 0.481 e. The Balaban J connectivity index is 2.21. The maximum Gasteiger partial charge on any atom is 0.303 e. The van der Waals surface area contributed by atoms with E-state index in [0.717, 1.165) is 12.1 Å². The number of aliphatic carboxylic acids is 1. The third-order valence-corrected chi connectivity index (χ3v) is 2.69. The molecule has 18 heavy (non-hydrogen) atoms. The molecule has 2 aromatic rings. The van der Waals surface area contributed by atoms with Crippen molar-refractivity contribution >= 4 is 5.97 Å². The molecule has 1 N–H and O–H groups in total. The summed E-state index contributed by atoms with van der Waals surface area (Å²) in [4.78, 5) is 10.5. The first-order valence-electron chi connectivity index (χ1n) is 5.79. The summed E-state index contributed by atoms with van der Waals surface area (Å²) in [6.07, 6.45) is 1.31. The first-order valence-corrected chi connectivity index (χ1v) is 5.79. The molecular formula is C12H14N4O2. The van der Waals surface area contributed by atoms with E-state index in [1.165, 1.54) is 5.56 Å². The van der Waals surface area contributed by atoms with Crippen molar-refractivity contribution in [2.45, 2.75) is 26.2 Å². The number of carbonyl (C=O) groups is 1. The molecule has 0 aliphatic rings. The van der Waals surface area contributed by atoms with Gasteiger partial charge in [-0.1, -0.05) is 19.1 Å². The van der Waals surface area contributed by atoms with Gasteiger partial charge in [0.05, 0.1) is 12.1 Å². The summed E-state index contributed by atoms with van der Waals surface area (Å²) >= 11 is 0. The summed E-state index contributed by atoms with van der Waals surface area (Å²) in [6.45, 7) is 2.09. The highest BCUT2D eigenvalue weighted by molar-refractivity contribution is 5.66. The third-order valence-electron chi connectivity index (χ3n) is 2.69. The van der Waals surface area contributed by atoms with Gasteiger partial charge in [-0.3, -0.25) is 4.79 Å². The summed E-state index contributed by atoms with van der Waals surface area (Å²) in [5.41, 5.74) is 2.08. The maximum absolute atomic E-state index is 10.5. The fourth-order valence-corrected chi connectivity index (χ4v) is 1.65. The molecule has 0 spiro atoms. The lowest BCUT2D eigenvalue weighted by Crippen LogP contribution is -2.06. The van der Waals surface area contributed by atoms with Crippen LogP contribution in [0.3, 0.4) is 0 Å². The monoisotopic (exact) mass is 246 g/mol. The van der Waals surface area contributed by atoms with Crippen molar-refractivity contribution in [2.75, 3.05) is 0 Å². The molecular weight excluding hydrogens is 232 g/mol. The fourth-order valence-electron chi connectivity index (χ4n) is 1.65. The molecule has 94 valence electrons. The lowest BCUT2D eigenvalue weighted by Gasteiger charge is -2.04. The number of carboxylic acid groups (broad SMARTS) is 1. The SMILES string of the molecule is CCc1ccc(-n2nnnc2CCC(=O)O)cc1. The van der Waals surface area contributed by atoms with Crippen molar-refractivity contribution in [3.05, 3.63) is 35.7 Å². The van der Waals surface area contributed by atoms with Crippen LogP contribution in [0.2, 0.25) is 0 Å². The zero-order valence-corrected chi connectivity index (χ0v) is 10.1. The summed E-state index contributed by atoms with van der Waals surface area (Å²) in [6, 6.07) is 7.88. The van der Waals surface area contributed by atoms with E-state index in [1.807, 2.05) is 24.3 Å². The van der Waals surface area contributed by atoms with Gasteiger partial charge in [0.25, 0.3) is 0 Å². The van der Waals surface area contributed by atoms with Crippen molar-refractivity contribution in [2.24, 2.45) is 0 Å². The number of rotatable bonds is 5. The highest BCUT2D eigenvalue weighted by Crippen LogP contribution is 2.11. The molecule has 0 fully saturated rings. The van der Waals surface area contributed by atoms with E-state index in [1.54, 1.807) is 4.68 Å². The summed E-state index contributed by atoms with van der Waals surface area (Å²) in [7, 11) is 0. The number of aryl methyl sites for hydroxylation is 2. The van der Waals surface area contributed by atoms with E-state index in [4.69, 9.17) is 5.11 Å². The molecule has 0 unspecified atom stereocenters. The molecule has 0 aliphatic carbocycles. The second-order valence-electron chi connectivity index (χ2n) is 3.92. The van der Waals surface area contributed by atoms with Crippen LogP contribution in [0.1, 0.15) is 24.7 Å². The molecule has 6 heteroatoms. The van der Waals surface area contributed by atoms with E-state index >= 15 is 0 Å². The molecule has 0 atom stereocenters. The van der Waals surface area contributed by atoms with Crippen molar-refractivity contribution in [1.29, 1.82) is 0 Å². The molecule has 6 nitrogen and oxygen atoms in total. The van der Waals surface area contributed by atoms with E-state index in [9.17, 15) is 4.79 Å². The van der Waals surface area contributed by atoms with Crippen LogP contribution in [-0.2, 0) is 17.6 Å². The number of nitrogens with zero attached hydrogens (tertiary/aromatic N) is 4. The van der Waals surface area contributed by atoms with Crippen LogP contribution in [-0.4, -0.2) is 31.3 Å². The topological polar surface area (TPSA) is 80.9 Å². The van der Waals surface area contributed by atoms with Gasteiger partial charge in [-0.15, -0.1) is 5.10 Å². The van der Waals surface area contributed by atoms with Crippen LogP contribution in [0.15, 0.2) is 24.3 Å². The predicted octanol–water partition coefficient (Wildman–Crippen LogP) is 1.24. The maximum atomic E-state index is 10.5. The molecule has 1 heterocycles. The summed E-state index contributed by atoms with van der Waals surface area (Å²) < 4.78 is 1.57. The van der Waals surface area contributed by atoms with E-state index in [0.29, 0.717) is 12.2 Å². The van der Waals surface area contributed by atoms with Crippen LogP contribution in [0.5, 0.6) is 0 Å². The average molecular weight is 246 g/mol. The highest BCUT2D eigenvalue weighted by atomic mass is 16.4. The molecule has 1 aromatic heterocycles. The van der Waals surface area contributed by atoms with Crippen LogP contribution >= 0.6 is 0 Å². The first-order chi connectivity index (χ1) is 8.70. The van der Waals surface area contributed by atoms with Crippen LogP contribution < -0.4 is 0 Å². The third kappa shape index (κ3) is 2.71. The standard InChI is InChI=1S/C12H14N4O2/c1-2-9-3-5-10(6-4-9)16-11(13-14-15-16)7-8-12(17)18/h3-6H,2,7-8H2,1H3,(H,17,18). The van der Waals surface area contributed by atoms with Gasteiger partial charge in [0.1, 0.15) is 0 Å². The number of benzene rings is 1. The Morgan fingerprint density at radius 2 is 2.06 bits per heavy atom. The molecule has 0 amide bonds. The van der Waals surface area contributed by atoms with Gasteiger partial charge in [-0.05, 0) is 34.5 Å². The van der Waals surface area contributed by atoms with Gasteiger partial charge in [0.15, 0.2) is 5.82 Å². The molecule has 2 rings (SSSR count). The minimum absolute atomic E-state index is 0.0212. The quantitative estimate of drug-likeness (QED) is 0.858. The van der Waals surface area contributed by atoms with Gasteiger partial charge < -0.3 is 5.11 Å². The predicted molar refractivity (Wildman–Crippen MR) is 64.5 cm³/mol. The van der Waals surface area contributed by atoms with Crippen LogP contribution in [0, 0.1) is 0 Å². The molecule has 1 aromatic carbocycles. The second kappa shape index (κ2) is 5.39. The molecule has 0 aliphatic heterocycles. The van der Waals surface area contributed by atoms with Crippen molar-refractivity contribution < 1.29 is 9.90 Å². The van der Waals surface area contributed by atoms with E-state index < -0.39 is 5.97 Å². The molecule has 0 saturated carbocycles. The normalized spacial score (nSPS) is 10.5. The van der Waals surface area contributed by atoms with Gasteiger partial charge in [0.2, 0.25) is 0 Å². The fraction of sp³-hybridized carbons (Fsp3) is 0.333. The van der Waals surface area contributed by atoms with Crippen molar-refractivity contribution in [1.82, 2.24) is 20.2 Å². The average Bonchev–Trinajstić information content (AvgIpc) is 2.85. The number of tetrazole rings is 1. The smallest absolute Gasteiger partial charge is 0.303 e. The Hall–Kier alpha value is -2.24.